The molecule has 1 aromatic heterocycles. The second-order valence-corrected chi connectivity index (χ2v) is 5.48. The van der Waals surface area contributed by atoms with Crippen LogP contribution in [0.4, 0.5) is 0 Å². The zero-order valence-corrected chi connectivity index (χ0v) is 14.0. The number of aryl methyl sites for hydroxylation is 1. The van der Waals surface area contributed by atoms with E-state index in [1.165, 1.54) is 10.3 Å². The van der Waals surface area contributed by atoms with Crippen LogP contribution in [0.15, 0.2) is 40.7 Å². The second kappa shape index (κ2) is 8.56. The minimum Gasteiger partial charge on any atom is -0.352 e. The molecule has 128 valence electrons. The molecule has 0 aliphatic carbocycles. The molecule has 0 unspecified atom stereocenters. The highest BCUT2D eigenvalue weighted by atomic mass is 35.5. The van der Waals surface area contributed by atoms with Crippen LogP contribution in [-0.2, 0) is 11.3 Å². The Hall–Kier alpha value is -2.25. The van der Waals surface area contributed by atoms with Gasteiger partial charge in [-0.3, -0.25) is 9.59 Å². The zero-order valence-electron chi connectivity index (χ0n) is 13.2. The number of aromatic nitrogens is 3. The number of fused-ring (bicyclic) bond motifs is 1. The summed E-state index contributed by atoms with van der Waals surface area (Å²) in [4.78, 5) is 24.2. The van der Waals surface area contributed by atoms with E-state index in [1.807, 2.05) is 6.07 Å². The number of nitrogens with one attached hydrogen (secondary N) is 2. The van der Waals surface area contributed by atoms with E-state index in [1.54, 1.807) is 18.2 Å². The maximum atomic E-state index is 12.3. The van der Waals surface area contributed by atoms with Crippen molar-refractivity contribution in [1.29, 1.82) is 0 Å². The molecule has 8 heteroatoms. The molecule has 0 radical (unpaired) electrons. The summed E-state index contributed by atoms with van der Waals surface area (Å²) in [6.07, 6.45) is 3.26. The summed E-state index contributed by atoms with van der Waals surface area (Å²) in [5.74, 6) is -0.0914. The molecule has 0 spiro atoms. The molecule has 0 bridgehead atoms. The van der Waals surface area contributed by atoms with Gasteiger partial charge in [0.25, 0.3) is 5.56 Å². The topological polar surface area (TPSA) is 88.9 Å². The maximum Gasteiger partial charge on any atom is 0.277 e. The van der Waals surface area contributed by atoms with Gasteiger partial charge in [0.1, 0.15) is 5.52 Å². The summed E-state index contributed by atoms with van der Waals surface area (Å²) in [5, 5.41) is 14.5. The lowest BCUT2D eigenvalue weighted by Gasteiger charge is -2.14. The number of hydrogen-bond acceptors (Lipinski definition) is 5. The maximum absolute atomic E-state index is 12.3. The standard InChI is InChI=1S/C16H19N5O2.ClH/c22-15(18-11-12-5-8-17-9-6-12)7-10-21-16(23)13-3-1-2-4-14(13)19-20-21;/h1-5,17H,6-11H2,(H,18,22);1H. The minimum atomic E-state index is -0.218. The van der Waals surface area contributed by atoms with E-state index in [0.717, 1.165) is 19.5 Å². The Morgan fingerprint density at radius 2 is 2.17 bits per heavy atom. The molecule has 7 nitrogen and oxygen atoms in total. The molecule has 0 atom stereocenters. The molecule has 3 rings (SSSR count). The summed E-state index contributed by atoms with van der Waals surface area (Å²) in [7, 11) is 0. The minimum absolute atomic E-state index is 0. The van der Waals surface area contributed by atoms with Crippen molar-refractivity contribution in [3.63, 3.8) is 0 Å². The third kappa shape index (κ3) is 4.39. The first-order valence-corrected chi connectivity index (χ1v) is 7.72. The third-order valence-corrected chi connectivity index (χ3v) is 3.85. The summed E-state index contributed by atoms with van der Waals surface area (Å²) < 4.78 is 1.24. The van der Waals surface area contributed by atoms with Gasteiger partial charge in [0.2, 0.25) is 5.91 Å². The van der Waals surface area contributed by atoms with Crippen LogP contribution >= 0.6 is 12.4 Å². The van der Waals surface area contributed by atoms with Gasteiger partial charge in [-0.2, -0.15) is 0 Å². The lowest BCUT2D eigenvalue weighted by molar-refractivity contribution is -0.121. The molecule has 2 aromatic rings. The molecule has 24 heavy (non-hydrogen) atoms. The Bertz CT molecular complexity index is 802. The summed E-state index contributed by atoms with van der Waals surface area (Å²) in [6.45, 7) is 2.60. The predicted octanol–water partition coefficient (Wildman–Crippen LogP) is 0.639. The van der Waals surface area contributed by atoms with Crippen molar-refractivity contribution in [2.45, 2.75) is 19.4 Å². The number of halogens is 1. The number of amides is 1. The molecule has 0 saturated carbocycles. The van der Waals surface area contributed by atoms with E-state index >= 15 is 0 Å². The fourth-order valence-corrected chi connectivity index (χ4v) is 2.51. The number of rotatable bonds is 5. The highest BCUT2D eigenvalue weighted by Gasteiger charge is 2.09. The molecule has 0 fully saturated rings. The van der Waals surface area contributed by atoms with Gasteiger partial charge in [-0.1, -0.05) is 29.0 Å². The van der Waals surface area contributed by atoms with Gasteiger partial charge in [0, 0.05) is 19.5 Å². The van der Waals surface area contributed by atoms with Crippen LogP contribution in [0.1, 0.15) is 12.8 Å². The summed E-state index contributed by atoms with van der Waals surface area (Å²) in [6, 6.07) is 7.05. The molecule has 2 N–H and O–H groups in total. The molecule has 1 aliphatic heterocycles. The fourth-order valence-electron chi connectivity index (χ4n) is 2.51. The van der Waals surface area contributed by atoms with Gasteiger partial charge in [-0.05, 0) is 25.1 Å². The predicted molar refractivity (Wildman–Crippen MR) is 94.2 cm³/mol. The van der Waals surface area contributed by atoms with Gasteiger partial charge in [-0.25, -0.2) is 4.68 Å². The Labute approximate surface area is 145 Å². The summed E-state index contributed by atoms with van der Waals surface area (Å²) in [5.41, 5.74) is 1.58. The number of hydrogen-bond donors (Lipinski definition) is 2. The second-order valence-electron chi connectivity index (χ2n) is 5.48. The normalized spacial score (nSPS) is 13.9. The van der Waals surface area contributed by atoms with Crippen LogP contribution in [0, 0.1) is 0 Å². The van der Waals surface area contributed by atoms with E-state index in [-0.39, 0.29) is 36.8 Å². The first kappa shape index (κ1) is 18.1. The quantitative estimate of drug-likeness (QED) is 0.773. The van der Waals surface area contributed by atoms with Crippen molar-refractivity contribution in [2.75, 3.05) is 19.6 Å². The number of carbonyl (C=O) groups is 1. The van der Waals surface area contributed by atoms with Crippen LogP contribution in [0.3, 0.4) is 0 Å². The highest BCUT2D eigenvalue weighted by molar-refractivity contribution is 5.85. The first-order valence-electron chi connectivity index (χ1n) is 7.72. The molecule has 1 aromatic carbocycles. The van der Waals surface area contributed by atoms with E-state index < -0.39 is 0 Å². The Morgan fingerprint density at radius 3 is 2.96 bits per heavy atom. The number of nitrogens with zero attached hydrogens (tertiary/aromatic N) is 3. The molecule has 2 heterocycles. The van der Waals surface area contributed by atoms with Gasteiger partial charge in [-0.15, -0.1) is 17.5 Å². The zero-order chi connectivity index (χ0) is 16.1. The van der Waals surface area contributed by atoms with Crippen molar-refractivity contribution in [2.24, 2.45) is 0 Å². The largest absolute Gasteiger partial charge is 0.352 e. The molecular weight excluding hydrogens is 330 g/mol. The van der Waals surface area contributed by atoms with Crippen molar-refractivity contribution in [3.05, 3.63) is 46.3 Å². The average molecular weight is 350 g/mol. The van der Waals surface area contributed by atoms with Gasteiger partial charge >= 0.3 is 0 Å². The van der Waals surface area contributed by atoms with Gasteiger partial charge in [0.05, 0.1) is 11.9 Å². The fraction of sp³-hybridized carbons (Fsp3) is 0.375. The molecule has 1 amide bonds. The lowest BCUT2D eigenvalue weighted by atomic mass is 10.1. The van der Waals surface area contributed by atoms with Crippen LogP contribution in [0.2, 0.25) is 0 Å². The highest BCUT2D eigenvalue weighted by Crippen LogP contribution is 2.04. The number of benzene rings is 1. The Balaban J connectivity index is 0.00000208. The monoisotopic (exact) mass is 349 g/mol. The lowest BCUT2D eigenvalue weighted by Crippen LogP contribution is -2.32. The van der Waals surface area contributed by atoms with E-state index in [0.29, 0.717) is 17.4 Å². The van der Waals surface area contributed by atoms with E-state index in [9.17, 15) is 9.59 Å². The van der Waals surface area contributed by atoms with Gasteiger partial charge < -0.3 is 10.6 Å². The van der Waals surface area contributed by atoms with Crippen LogP contribution in [0.5, 0.6) is 0 Å². The van der Waals surface area contributed by atoms with Crippen molar-refractivity contribution < 1.29 is 4.79 Å². The van der Waals surface area contributed by atoms with Crippen LogP contribution in [-0.4, -0.2) is 40.5 Å². The van der Waals surface area contributed by atoms with E-state index in [4.69, 9.17) is 0 Å². The SMILES string of the molecule is Cl.O=C(CCn1nnc2ccccc2c1=O)NCC1=CCNCC1. The van der Waals surface area contributed by atoms with Crippen LogP contribution in [0.25, 0.3) is 10.9 Å². The van der Waals surface area contributed by atoms with Gasteiger partial charge in [0.15, 0.2) is 0 Å². The molecule has 0 saturated heterocycles. The van der Waals surface area contributed by atoms with Crippen LogP contribution < -0.4 is 16.2 Å². The average Bonchev–Trinajstić information content (AvgIpc) is 2.60. The third-order valence-electron chi connectivity index (χ3n) is 3.85. The first-order chi connectivity index (χ1) is 11.2. The Morgan fingerprint density at radius 1 is 1.33 bits per heavy atom. The molecular formula is C16H20ClN5O2. The summed E-state index contributed by atoms with van der Waals surface area (Å²) >= 11 is 0. The van der Waals surface area contributed by atoms with Crippen molar-refractivity contribution in [3.8, 4) is 0 Å². The Kier molecular flexibility index (Phi) is 6.45. The van der Waals surface area contributed by atoms with Crippen molar-refractivity contribution >= 4 is 29.2 Å². The number of carbonyl (C=O) groups excluding carboxylic acids is 1. The smallest absolute Gasteiger partial charge is 0.277 e. The van der Waals surface area contributed by atoms with E-state index in [2.05, 4.69) is 27.0 Å². The molecule has 1 aliphatic rings. The van der Waals surface area contributed by atoms with Crippen molar-refractivity contribution in [1.82, 2.24) is 25.6 Å².